The molecule has 1 saturated heterocycles. The predicted octanol–water partition coefficient (Wildman–Crippen LogP) is 2.57. The smallest absolute Gasteiger partial charge is 0.332 e. The predicted molar refractivity (Wildman–Crippen MR) is 101 cm³/mol. The molecule has 136 valence electrons. The van der Waals surface area contributed by atoms with Crippen LogP contribution >= 0.6 is 11.3 Å². The van der Waals surface area contributed by atoms with Crippen molar-refractivity contribution in [2.75, 3.05) is 18.0 Å². The fraction of sp³-hybridized carbons (Fsp3) is 0.316. The van der Waals surface area contributed by atoms with Gasteiger partial charge in [-0.3, -0.25) is 19.4 Å². The minimum absolute atomic E-state index is 0.255. The van der Waals surface area contributed by atoms with Gasteiger partial charge in [-0.15, -0.1) is 11.3 Å². The van der Waals surface area contributed by atoms with Crippen LogP contribution in [0.2, 0.25) is 0 Å². The van der Waals surface area contributed by atoms with Crippen molar-refractivity contribution in [1.82, 2.24) is 10.2 Å². The van der Waals surface area contributed by atoms with Crippen LogP contribution in [-0.4, -0.2) is 41.9 Å². The maximum Gasteiger partial charge on any atom is 0.332 e. The number of hydrogen-bond acceptors (Lipinski definition) is 4. The lowest BCUT2D eigenvalue weighted by atomic mass is 10.2. The summed E-state index contributed by atoms with van der Waals surface area (Å²) in [7, 11) is 0. The van der Waals surface area contributed by atoms with Gasteiger partial charge in [-0.25, -0.2) is 4.79 Å². The number of carbonyl (C=O) groups excluding carboxylic acids is 3. The number of urea groups is 1. The van der Waals surface area contributed by atoms with E-state index in [2.05, 4.69) is 5.32 Å². The van der Waals surface area contributed by atoms with Gasteiger partial charge < -0.3 is 5.32 Å². The zero-order valence-corrected chi connectivity index (χ0v) is 15.6. The first-order valence-corrected chi connectivity index (χ1v) is 9.35. The molecule has 0 aliphatic carbocycles. The standard InChI is InChI=1S/C19H21N3O3S/c1-13-5-7-15(8-6-13)22-14(2)18(24)21(19(22)25)12-17(23)20-10-9-16-4-3-11-26-16/h3-8,11,14H,9-10,12H2,1-2H3,(H,20,23)/t14-/m0/s1. The number of carbonyl (C=O) groups is 3. The van der Waals surface area contributed by atoms with Crippen LogP contribution in [0, 0.1) is 6.92 Å². The summed E-state index contributed by atoms with van der Waals surface area (Å²) in [5, 5.41) is 4.75. The number of nitrogens with zero attached hydrogens (tertiary/aromatic N) is 2. The van der Waals surface area contributed by atoms with Gasteiger partial charge in [0.25, 0.3) is 5.91 Å². The van der Waals surface area contributed by atoms with Gasteiger partial charge in [0.2, 0.25) is 5.91 Å². The molecule has 1 fully saturated rings. The quantitative estimate of drug-likeness (QED) is 0.794. The van der Waals surface area contributed by atoms with Gasteiger partial charge in [0.1, 0.15) is 12.6 Å². The van der Waals surface area contributed by atoms with Crippen LogP contribution in [0.5, 0.6) is 0 Å². The molecule has 1 aliphatic rings. The largest absolute Gasteiger partial charge is 0.354 e. The molecule has 0 unspecified atom stereocenters. The van der Waals surface area contributed by atoms with Gasteiger partial charge in [-0.2, -0.15) is 0 Å². The molecule has 1 aromatic carbocycles. The van der Waals surface area contributed by atoms with Crippen LogP contribution in [0.3, 0.4) is 0 Å². The second-order valence-electron chi connectivity index (χ2n) is 6.27. The van der Waals surface area contributed by atoms with Crippen molar-refractivity contribution in [2.45, 2.75) is 26.3 Å². The van der Waals surface area contributed by atoms with Crippen LogP contribution in [0.15, 0.2) is 41.8 Å². The lowest BCUT2D eigenvalue weighted by Crippen LogP contribution is -2.42. The Kier molecular flexibility index (Phi) is 5.37. The van der Waals surface area contributed by atoms with Crippen molar-refractivity contribution in [2.24, 2.45) is 0 Å². The highest BCUT2D eigenvalue weighted by Crippen LogP contribution is 2.25. The summed E-state index contributed by atoms with van der Waals surface area (Å²) in [6.07, 6.45) is 0.733. The first kappa shape index (κ1) is 18.1. The number of anilines is 1. The number of aryl methyl sites for hydroxylation is 1. The van der Waals surface area contributed by atoms with E-state index >= 15 is 0 Å². The minimum Gasteiger partial charge on any atom is -0.354 e. The average molecular weight is 371 g/mol. The summed E-state index contributed by atoms with van der Waals surface area (Å²) in [6.45, 7) is 3.85. The first-order chi connectivity index (χ1) is 12.5. The zero-order chi connectivity index (χ0) is 18.7. The van der Waals surface area contributed by atoms with E-state index in [1.54, 1.807) is 18.3 Å². The molecule has 2 aromatic rings. The number of thiophene rings is 1. The number of imide groups is 1. The lowest BCUT2D eigenvalue weighted by molar-refractivity contribution is -0.131. The summed E-state index contributed by atoms with van der Waals surface area (Å²) in [5.74, 6) is -0.690. The van der Waals surface area contributed by atoms with Gasteiger partial charge in [-0.05, 0) is 43.8 Å². The molecule has 4 amide bonds. The molecular weight excluding hydrogens is 350 g/mol. The number of nitrogens with one attached hydrogen (secondary N) is 1. The minimum atomic E-state index is -0.621. The van der Waals surface area contributed by atoms with Crippen molar-refractivity contribution >= 4 is 34.9 Å². The second kappa shape index (κ2) is 7.70. The third kappa shape index (κ3) is 3.77. The Morgan fingerprint density at radius 2 is 1.92 bits per heavy atom. The maximum atomic E-state index is 12.7. The first-order valence-electron chi connectivity index (χ1n) is 8.47. The molecule has 0 spiro atoms. The third-order valence-electron chi connectivity index (χ3n) is 4.34. The molecule has 1 atom stereocenters. The van der Waals surface area contributed by atoms with E-state index in [1.807, 2.05) is 48.7 Å². The third-order valence-corrected chi connectivity index (χ3v) is 5.27. The second-order valence-corrected chi connectivity index (χ2v) is 7.30. The fourth-order valence-corrected chi connectivity index (χ4v) is 3.60. The molecule has 0 bridgehead atoms. The normalized spacial score (nSPS) is 17.1. The molecule has 7 heteroatoms. The van der Waals surface area contributed by atoms with E-state index in [9.17, 15) is 14.4 Å². The van der Waals surface area contributed by atoms with Crippen LogP contribution in [-0.2, 0) is 16.0 Å². The van der Waals surface area contributed by atoms with Gasteiger partial charge in [0, 0.05) is 17.1 Å². The van der Waals surface area contributed by atoms with E-state index < -0.39 is 12.1 Å². The van der Waals surface area contributed by atoms with Crippen molar-refractivity contribution in [3.05, 3.63) is 52.2 Å². The molecule has 0 saturated carbocycles. The zero-order valence-electron chi connectivity index (χ0n) is 14.8. The van der Waals surface area contributed by atoms with Crippen LogP contribution in [0.25, 0.3) is 0 Å². The highest BCUT2D eigenvalue weighted by molar-refractivity contribution is 7.09. The Hall–Kier alpha value is -2.67. The SMILES string of the molecule is Cc1ccc(N2C(=O)N(CC(=O)NCCc3cccs3)C(=O)[C@@H]2C)cc1. The highest BCUT2D eigenvalue weighted by atomic mass is 32.1. The number of benzene rings is 1. The van der Waals surface area contributed by atoms with Crippen molar-refractivity contribution < 1.29 is 14.4 Å². The van der Waals surface area contributed by atoms with E-state index in [0.29, 0.717) is 12.2 Å². The van der Waals surface area contributed by atoms with Gasteiger partial charge in [-0.1, -0.05) is 23.8 Å². The summed E-state index contributed by atoms with van der Waals surface area (Å²) >= 11 is 1.63. The molecule has 1 N–H and O–H groups in total. The lowest BCUT2D eigenvalue weighted by Gasteiger charge is -2.19. The van der Waals surface area contributed by atoms with Crippen LogP contribution in [0.4, 0.5) is 10.5 Å². The van der Waals surface area contributed by atoms with Crippen molar-refractivity contribution in [3.63, 3.8) is 0 Å². The van der Waals surface area contributed by atoms with E-state index in [1.165, 1.54) is 9.78 Å². The molecule has 3 rings (SSSR count). The summed E-state index contributed by atoms with van der Waals surface area (Å²) in [4.78, 5) is 40.9. The summed E-state index contributed by atoms with van der Waals surface area (Å²) in [6, 6.07) is 10.3. The number of hydrogen-bond donors (Lipinski definition) is 1. The Bertz CT molecular complexity index is 802. The van der Waals surface area contributed by atoms with E-state index in [0.717, 1.165) is 16.9 Å². The molecule has 26 heavy (non-hydrogen) atoms. The van der Waals surface area contributed by atoms with Crippen LogP contribution in [0.1, 0.15) is 17.4 Å². The van der Waals surface area contributed by atoms with E-state index in [4.69, 9.17) is 0 Å². The Labute approximate surface area is 156 Å². The van der Waals surface area contributed by atoms with Crippen molar-refractivity contribution in [1.29, 1.82) is 0 Å². The number of rotatable bonds is 6. The van der Waals surface area contributed by atoms with Gasteiger partial charge >= 0.3 is 6.03 Å². The fourth-order valence-electron chi connectivity index (χ4n) is 2.89. The Morgan fingerprint density at radius 3 is 2.58 bits per heavy atom. The van der Waals surface area contributed by atoms with E-state index in [-0.39, 0.29) is 18.4 Å². The summed E-state index contributed by atoms with van der Waals surface area (Å²) in [5.41, 5.74) is 1.73. The molecular formula is C19H21N3O3S. The molecule has 6 nitrogen and oxygen atoms in total. The van der Waals surface area contributed by atoms with Gasteiger partial charge in [0.15, 0.2) is 0 Å². The Balaban J connectivity index is 1.60. The molecule has 0 radical (unpaired) electrons. The maximum absolute atomic E-state index is 12.7. The molecule has 2 heterocycles. The summed E-state index contributed by atoms with van der Waals surface area (Å²) < 4.78 is 0. The highest BCUT2D eigenvalue weighted by Gasteiger charge is 2.43. The average Bonchev–Trinajstić information content (AvgIpc) is 3.20. The molecule has 1 aromatic heterocycles. The topological polar surface area (TPSA) is 69.7 Å². The van der Waals surface area contributed by atoms with Gasteiger partial charge in [0.05, 0.1) is 0 Å². The monoisotopic (exact) mass is 371 g/mol. The molecule has 1 aliphatic heterocycles. The van der Waals surface area contributed by atoms with Crippen LogP contribution < -0.4 is 10.2 Å². The van der Waals surface area contributed by atoms with Crippen molar-refractivity contribution in [3.8, 4) is 0 Å². The Morgan fingerprint density at radius 1 is 1.19 bits per heavy atom. The number of amides is 4.